The van der Waals surface area contributed by atoms with Crippen LogP contribution in [0, 0.1) is 11.8 Å². The van der Waals surface area contributed by atoms with Gasteiger partial charge < -0.3 is 46.8 Å². The summed E-state index contributed by atoms with van der Waals surface area (Å²) in [6, 6.07) is 13.5. The molecule has 11 atom stereocenters. The summed E-state index contributed by atoms with van der Waals surface area (Å²) in [5.74, 6) is -2.69. The lowest BCUT2D eigenvalue weighted by molar-refractivity contribution is -0.144. The number of hydrogen-bond donors (Lipinski definition) is 7. The van der Waals surface area contributed by atoms with Gasteiger partial charge in [-0.25, -0.2) is 0 Å². The highest BCUT2D eigenvalue weighted by atomic mass is 16.3. The van der Waals surface area contributed by atoms with E-state index in [1.165, 1.54) is 0 Å². The molecule has 0 spiro atoms. The van der Waals surface area contributed by atoms with Crippen molar-refractivity contribution in [2.75, 3.05) is 27.2 Å². The first-order valence-corrected chi connectivity index (χ1v) is 27.8. The third-order valence-electron chi connectivity index (χ3n) is 16.3. The third kappa shape index (κ3) is 15.1. The Balaban J connectivity index is 0.955. The average Bonchev–Trinajstić information content (AvgIpc) is 3.99. The van der Waals surface area contributed by atoms with Gasteiger partial charge in [0, 0.05) is 56.3 Å². The van der Waals surface area contributed by atoms with Crippen molar-refractivity contribution in [1.82, 2.24) is 41.7 Å². The second-order valence-electron chi connectivity index (χ2n) is 21.0. The smallest absolute Gasteiger partial charge is 0.246 e. The molecular weight excluding hydrogens is 941 g/mol. The van der Waals surface area contributed by atoms with E-state index in [1.54, 1.807) is 23.9 Å². The quantitative estimate of drug-likeness (QED) is 0.0592. The van der Waals surface area contributed by atoms with Crippen molar-refractivity contribution < 1.29 is 43.5 Å². The van der Waals surface area contributed by atoms with E-state index < -0.39 is 54.1 Å². The van der Waals surface area contributed by atoms with E-state index in [1.807, 2.05) is 74.5 Å². The first-order chi connectivity index (χ1) is 35.8. The fourth-order valence-corrected chi connectivity index (χ4v) is 11.9. The molecule has 17 heteroatoms. The van der Waals surface area contributed by atoms with E-state index in [2.05, 4.69) is 31.9 Å². The van der Waals surface area contributed by atoms with Gasteiger partial charge in [0.05, 0.1) is 18.1 Å². The number of amides is 6. The molecule has 2 aromatic carbocycles. The predicted molar refractivity (Wildman–Crippen MR) is 282 cm³/mol. The van der Waals surface area contributed by atoms with Crippen LogP contribution in [0.25, 0.3) is 0 Å². The molecule has 0 radical (unpaired) electrons. The van der Waals surface area contributed by atoms with Gasteiger partial charge in [-0.3, -0.25) is 38.4 Å². The van der Waals surface area contributed by atoms with E-state index in [9.17, 15) is 43.5 Å². The van der Waals surface area contributed by atoms with Crippen LogP contribution in [-0.4, -0.2) is 137 Å². The number of nitrogens with zero attached hydrogens (tertiary/aromatic N) is 2. The Morgan fingerprint density at radius 1 is 0.608 bits per heavy atom. The van der Waals surface area contributed by atoms with Crippen molar-refractivity contribution in [3.63, 3.8) is 0 Å². The number of aliphatic hydroxyl groups is 1. The summed E-state index contributed by atoms with van der Waals surface area (Å²) in [6.07, 6.45) is 12.0. The monoisotopic (exact) mass is 1020 g/mol. The Hall–Kier alpha value is -5.52. The molecular formula is C57H84N8O9. The van der Waals surface area contributed by atoms with Crippen LogP contribution in [0.4, 0.5) is 0 Å². The zero-order valence-corrected chi connectivity index (χ0v) is 44.3. The van der Waals surface area contributed by atoms with Crippen LogP contribution in [0.15, 0.2) is 60.7 Å². The van der Waals surface area contributed by atoms with Crippen LogP contribution in [-0.2, 0) is 44.8 Å². The number of Topliss-reactive ketones (excluding diaryl/α,β-unsaturated/α-hetero) is 2. The Kier molecular flexibility index (Phi) is 22.6. The Bertz CT molecular complexity index is 2190. The molecule has 406 valence electrons. The molecule has 17 nitrogen and oxygen atoms in total. The number of hydrogen-bond acceptors (Lipinski definition) is 11. The second-order valence-corrected chi connectivity index (χ2v) is 21.0. The van der Waals surface area contributed by atoms with Gasteiger partial charge in [0.15, 0.2) is 11.6 Å². The minimum Gasteiger partial charge on any atom is -0.396 e. The number of ketones is 2. The Morgan fingerprint density at radius 3 is 1.68 bits per heavy atom. The number of nitrogens with one attached hydrogen (secondary N) is 6. The van der Waals surface area contributed by atoms with Crippen LogP contribution in [0.5, 0.6) is 0 Å². The molecule has 0 aliphatic carbocycles. The minimum atomic E-state index is -0.975. The lowest BCUT2D eigenvalue weighted by atomic mass is 9.92. The van der Waals surface area contributed by atoms with Crippen molar-refractivity contribution in [2.24, 2.45) is 11.8 Å². The van der Waals surface area contributed by atoms with Crippen molar-refractivity contribution >= 4 is 47.0 Å². The number of rotatable bonds is 28. The Morgan fingerprint density at radius 2 is 1.11 bits per heavy atom. The number of carbonyl (C=O) groups excluding carboxylic acids is 8. The number of carbonyl (C=O) groups is 8. The number of likely N-dealkylation sites (N-methyl/N-ethyl adjacent to an activating group) is 2. The molecule has 7 N–H and O–H groups in total. The second kappa shape index (κ2) is 29.0. The van der Waals surface area contributed by atoms with Gasteiger partial charge in [-0.1, -0.05) is 100 Å². The zero-order chi connectivity index (χ0) is 53.1. The van der Waals surface area contributed by atoms with Crippen molar-refractivity contribution in [2.45, 2.75) is 197 Å². The SMILES string of the molecule is CC[C@H](NC)C(=O)N[C@@H]1C(=O)N2C(CC[C@@H]1CO)CC[C@H]2C(=O)N[C@H](C(=O)CCCCCCCCC(=O)NC[C@H]1CC[C@H]2CC[C@@H](C(=O)CCc3ccccc3)N2C(=O)[C@H]1NC(=O)[C@H](CC)NC)c1ccccc1. The first kappa shape index (κ1) is 57.8. The van der Waals surface area contributed by atoms with Gasteiger partial charge >= 0.3 is 0 Å². The highest BCUT2D eigenvalue weighted by molar-refractivity contribution is 5.97. The highest BCUT2D eigenvalue weighted by Gasteiger charge is 2.49. The largest absolute Gasteiger partial charge is 0.396 e. The molecule has 4 aliphatic rings. The minimum absolute atomic E-state index is 0.0364. The predicted octanol–water partition coefficient (Wildman–Crippen LogP) is 4.35. The number of aryl methyl sites for hydroxylation is 1. The number of fused-ring (bicyclic) bond motifs is 2. The molecule has 4 saturated heterocycles. The van der Waals surface area contributed by atoms with E-state index >= 15 is 0 Å². The highest BCUT2D eigenvalue weighted by Crippen LogP contribution is 2.36. The maximum atomic E-state index is 14.5. The third-order valence-corrected chi connectivity index (χ3v) is 16.3. The number of unbranched alkanes of at least 4 members (excludes halogenated alkanes) is 5. The Labute approximate surface area is 438 Å². The molecule has 74 heavy (non-hydrogen) atoms. The van der Waals surface area contributed by atoms with Crippen molar-refractivity contribution in [3.05, 3.63) is 71.8 Å². The van der Waals surface area contributed by atoms with Gasteiger partial charge in [-0.2, -0.15) is 0 Å². The molecule has 6 amide bonds. The lowest BCUT2D eigenvalue weighted by Gasteiger charge is -2.33. The topological polar surface area (TPSA) is 235 Å². The number of aliphatic hydroxyl groups excluding tert-OH is 1. The van der Waals surface area contributed by atoms with Crippen LogP contribution in [0.3, 0.4) is 0 Å². The lowest BCUT2D eigenvalue weighted by Crippen LogP contribution is -2.58. The maximum Gasteiger partial charge on any atom is 0.246 e. The van der Waals surface area contributed by atoms with Crippen molar-refractivity contribution in [3.8, 4) is 0 Å². The van der Waals surface area contributed by atoms with Gasteiger partial charge in [0.1, 0.15) is 24.2 Å². The molecule has 4 heterocycles. The maximum absolute atomic E-state index is 14.5. The summed E-state index contributed by atoms with van der Waals surface area (Å²) in [7, 11) is 3.39. The summed E-state index contributed by atoms with van der Waals surface area (Å²) in [5.41, 5.74) is 1.73. The molecule has 1 unspecified atom stereocenters. The van der Waals surface area contributed by atoms with Gasteiger partial charge in [0.25, 0.3) is 0 Å². The van der Waals surface area contributed by atoms with E-state index in [-0.39, 0.29) is 78.7 Å². The number of benzene rings is 2. The average molecular weight is 1030 g/mol. The zero-order valence-electron chi connectivity index (χ0n) is 44.3. The molecule has 0 aromatic heterocycles. The summed E-state index contributed by atoms with van der Waals surface area (Å²) in [4.78, 5) is 113. The fourth-order valence-electron chi connectivity index (χ4n) is 11.9. The molecule has 4 aliphatic heterocycles. The summed E-state index contributed by atoms with van der Waals surface area (Å²) in [5, 5.41) is 28.2. The molecule has 6 rings (SSSR count). The van der Waals surface area contributed by atoms with Gasteiger partial charge in [-0.15, -0.1) is 0 Å². The van der Waals surface area contributed by atoms with Crippen molar-refractivity contribution in [1.29, 1.82) is 0 Å². The standard InChI is InChI=1S/C57H84N8O9/c1-5-43(58-3)53(70)62-51-39(26-28-41-30-32-45(64(41)56(51)73)47(67)34-25-37-19-13-11-14-20-37)35-60-49(69)24-18-10-8-7-9-17-23-48(68)50(38-21-15-12-16-22-38)61-55(72)46-33-31-42-29-27-40(36-66)52(57(74)65(42)46)63-54(71)44(6-2)59-4/h11-16,19-22,39-46,50-52,58-59,66H,5-10,17-18,23-36H2,1-4H3,(H,60,69)(H,61,72)(H,62,70)(H,63,71)/t39-,40-,41+,42?,43+,44+,45+,46+,50+,51+,52+/m1/s1. The summed E-state index contributed by atoms with van der Waals surface area (Å²) >= 11 is 0. The van der Waals surface area contributed by atoms with Crippen LogP contribution < -0.4 is 31.9 Å². The summed E-state index contributed by atoms with van der Waals surface area (Å²) < 4.78 is 0. The van der Waals surface area contributed by atoms with E-state index in [0.717, 1.165) is 37.7 Å². The van der Waals surface area contributed by atoms with E-state index in [0.29, 0.717) is 95.5 Å². The van der Waals surface area contributed by atoms with Crippen LogP contribution >= 0.6 is 0 Å². The molecule has 4 fully saturated rings. The van der Waals surface area contributed by atoms with E-state index in [4.69, 9.17) is 0 Å². The van der Waals surface area contributed by atoms with Gasteiger partial charge in [-0.05, 0) is 109 Å². The van der Waals surface area contributed by atoms with Crippen LogP contribution in [0.2, 0.25) is 0 Å². The van der Waals surface area contributed by atoms with Crippen LogP contribution in [0.1, 0.15) is 153 Å². The van der Waals surface area contributed by atoms with Gasteiger partial charge in [0.2, 0.25) is 35.4 Å². The summed E-state index contributed by atoms with van der Waals surface area (Å²) in [6.45, 7) is 3.72. The molecule has 0 bridgehead atoms. The molecule has 0 saturated carbocycles. The normalized spacial score (nSPS) is 24.9. The fraction of sp³-hybridized carbons (Fsp3) is 0.649. The molecule has 2 aromatic rings. The first-order valence-electron chi connectivity index (χ1n) is 27.8.